The molecule has 6 nitrogen and oxygen atoms in total. The molecular weight excluding hydrogens is 410 g/mol. The third kappa shape index (κ3) is 5.18. The lowest BCUT2D eigenvalue weighted by Gasteiger charge is -2.25. The van der Waals surface area contributed by atoms with Gasteiger partial charge in [0.1, 0.15) is 5.69 Å². The summed E-state index contributed by atoms with van der Waals surface area (Å²) in [5.41, 5.74) is 5.30. The zero-order valence-electron chi connectivity index (χ0n) is 19.3. The van der Waals surface area contributed by atoms with Crippen LogP contribution in [0.3, 0.4) is 0 Å². The number of amides is 1. The molecule has 0 saturated heterocycles. The molecule has 4 aromatic rings. The van der Waals surface area contributed by atoms with Gasteiger partial charge in [0, 0.05) is 30.7 Å². The number of rotatable bonds is 8. The standard InChI is InChI=1S/C27H29N5O/c1-4-20-12-14-21(15-13-20)25(31(2)3)18-29-27(33)24-19-32(23-10-6-5-7-11-23)30-26(24)22-9-8-16-28-17-22/h5-17,19,25H,4,18H2,1-3H3,(H,29,33). The highest BCUT2D eigenvalue weighted by atomic mass is 16.1. The predicted molar refractivity (Wildman–Crippen MR) is 131 cm³/mol. The van der Waals surface area contributed by atoms with Crippen LogP contribution in [0.2, 0.25) is 0 Å². The van der Waals surface area contributed by atoms with Crippen LogP contribution in [0.4, 0.5) is 0 Å². The van der Waals surface area contributed by atoms with E-state index < -0.39 is 0 Å². The Balaban J connectivity index is 1.60. The van der Waals surface area contributed by atoms with Gasteiger partial charge in [-0.25, -0.2) is 4.68 Å². The second kappa shape index (κ2) is 10.2. The lowest BCUT2D eigenvalue weighted by atomic mass is 10.0. The van der Waals surface area contributed by atoms with Gasteiger partial charge < -0.3 is 10.2 Å². The summed E-state index contributed by atoms with van der Waals surface area (Å²) in [5.74, 6) is -0.159. The highest BCUT2D eigenvalue weighted by molar-refractivity contribution is 5.99. The van der Waals surface area contributed by atoms with Crippen LogP contribution in [0.5, 0.6) is 0 Å². The lowest BCUT2D eigenvalue weighted by Crippen LogP contribution is -2.34. The summed E-state index contributed by atoms with van der Waals surface area (Å²) < 4.78 is 1.74. The van der Waals surface area contributed by atoms with E-state index in [-0.39, 0.29) is 11.9 Å². The van der Waals surface area contributed by atoms with Crippen LogP contribution in [-0.4, -0.2) is 46.2 Å². The van der Waals surface area contributed by atoms with E-state index in [4.69, 9.17) is 5.10 Å². The van der Waals surface area contributed by atoms with Crippen molar-refractivity contribution in [1.82, 2.24) is 25.0 Å². The number of aryl methyl sites for hydroxylation is 1. The average Bonchev–Trinajstić information content (AvgIpc) is 3.31. The van der Waals surface area contributed by atoms with Crippen molar-refractivity contribution in [3.63, 3.8) is 0 Å². The van der Waals surface area contributed by atoms with Crippen LogP contribution in [0, 0.1) is 0 Å². The van der Waals surface area contributed by atoms with Gasteiger partial charge >= 0.3 is 0 Å². The molecule has 0 saturated carbocycles. The number of para-hydroxylation sites is 1. The molecule has 1 N–H and O–H groups in total. The van der Waals surface area contributed by atoms with Crippen molar-refractivity contribution in [3.8, 4) is 16.9 Å². The minimum atomic E-state index is -0.159. The first-order valence-corrected chi connectivity index (χ1v) is 11.2. The summed E-state index contributed by atoms with van der Waals surface area (Å²) in [6, 6.07) is 22.2. The molecule has 0 aliphatic rings. The van der Waals surface area contributed by atoms with Crippen molar-refractivity contribution in [2.24, 2.45) is 0 Å². The molecule has 6 heteroatoms. The molecule has 0 radical (unpaired) electrons. The normalized spacial score (nSPS) is 12.0. The van der Waals surface area contributed by atoms with Gasteiger partial charge in [-0.1, -0.05) is 49.4 Å². The fourth-order valence-corrected chi connectivity index (χ4v) is 3.83. The maximum atomic E-state index is 13.3. The van der Waals surface area contributed by atoms with Gasteiger partial charge in [-0.15, -0.1) is 0 Å². The van der Waals surface area contributed by atoms with E-state index in [1.807, 2.05) is 56.6 Å². The molecule has 168 valence electrons. The topological polar surface area (TPSA) is 63.1 Å². The Bertz CT molecular complexity index is 1180. The van der Waals surface area contributed by atoms with Crippen molar-refractivity contribution in [3.05, 3.63) is 102 Å². The molecular formula is C27H29N5O. The number of nitrogens with one attached hydrogen (secondary N) is 1. The number of hydrogen-bond donors (Lipinski definition) is 1. The minimum absolute atomic E-state index is 0.0610. The van der Waals surface area contributed by atoms with Gasteiger partial charge in [0.05, 0.1) is 17.3 Å². The Morgan fingerprint density at radius 1 is 1.03 bits per heavy atom. The molecule has 1 unspecified atom stereocenters. The van der Waals surface area contributed by atoms with E-state index >= 15 is 0 Å². The number of carbonyl (C=O) groups excluding carboxylic acids is 1. The van der Waals surface area contributed by atoms with Crippen molar-refractivity contribution in [2.75, 3.05) is 20.6 Å². The molecule has 2 heterocycles. The second-order valence-electron chi connectivity index (χ2n) is 8.20. The summed E-state index contributed by atoms with van der Waals surface area (Å²) in [7, 11) is 4.05. The van der Waals surface area contributed by atoms with Gasteiger partial charge in [0.15, 0.2) is 0 Å². The molecule has 0 bridgehead atoms. The Morgan fingerprint density at radius 3 is 2.42 bits per heavy atom. The number of benzene rings is 2. The SMILES string of the molecule is CCc1ccc(C(CNC(=O)c2cn(-c3ccccc3)nc2-c2cccnc2)N(C)C)cc1. The van der Waals surface area contributed by atoms with Gasteiger partial charge in [-0.05, 0) is 55.9 Å². The molecule has 2 aromatic carbocycles. The zero-order valence-corrected chi connectivity index (χ0v) is 19.3. The maximum Gasteiger partial charge on any atom is 0.255 e. The highest BCUT2D eigenvalue weighted by Gasteiger charge is 2.21. The zero-order chi connectivity index (χ0) is 23.2. The smallest absolute Gasteiger partial charge is 0.255 e. The van der Waals surface area contributed by atoms with Crippen molar-refractivity contribution in [1.29, 1.82) is 0 Å². The number of carbonyl (C=O) groups is 1. The monoisotopic (exact) mass is 439 g/mol. The van der Waals surface area contributed by atoms with Gasteiger partial charge in [0.2, 0.25) is 0 Å². The molecule has 1 amide bonds. The van der Waals surface area contributed by atoms with Crippen LogP contribution in [0.15, 0.2) is 85.3 Å². The maximum absolute atomic E-state index is 13.3. The molecule has 0 fully saturated rings. The molecule has 0 aliphatic carbocycles. The molecule has 1 atom stereocenters. The fourth-order valence-electron chi connectivity index (χ4n) is 3.83. The molecule has 0 spiro atoms. The van der Waals surface area contributed by atoms with Crippen LogP contribution in [0.1, 0.15) is 34.5 Å². The second-order valence-corrected chi connectivity index (χ2v) is 8.20. The number of aromatic nitrogens is 3. The first-order valence-electron chi connectivity index (χ1n) is 11.2. The van der Waals surface area contributed by atoms with Crippen molar-refractivity contribution < 1.29 is 4.79 Å². The van der Waals surface area contributed by atoms with Gasteiger partial charge in [-0.2, -0.15) is 5.10 Å². The molecule has 4 rings (SSSR count). The Hall–Kier alpha value is -3.77. The lowest BCUT2D eigenvalue weighted by molar-refractivity contribution is 0.0942. The summed E-state index contributed by atoms with van der Waals surface area (Å²) in [6.07, 6.45) is 6.23. The van der Waals surface area contributed by atoms with Gasteiger partial charge in [-0.3, -0.25) is 9.78 Å². The Kier molecular flexibility index (Phi) is 6.95. The van der Waals surface area contributed by atoms with Crippen LogP contribution < -0.4 is 5.32 Å². The number of likely N-dealkylation sites (N-methyl/N-ethyl adjacent to an activating group) is 1. The molecule has 33 heavy (non-hydrogen) atoms. The van der Waals surface area contributed by atoms with Crippen LogP contribution in [0.25, 0.3) is 16.9 Å². The largest absolute Gasteiger partial charge is 0.350 e. The number of nitrogens with zero attached hydrogens (tertiary/aromatic N) is 4. The van der Waals surface area contributed by atoms with Gasteiger partial charge in [0.25, 0.3) is 5.91 Å². The van der Waals surface area contributed by atoms with Crippen LogP contribution >= 0.6 is 0 Å². The van der Waals surface area contributed by atoms with Crippen molar-refractivity contribution in [2.45, 2.75) is 19.4 Å². The van der Waals surface area contributed by atoms with E-state index in [0.29, 0.717) is 17.8 Å². The van der Waals surface area contributed by atoms with Crippen LogP contribution in [-0.2, 0) is 6.42 Å². The molecule has 2 aromatic heterocycles. The predicted octanol–water partition coefficient (Wildman–Crippen LogP) is 4.53. The Morgan fingerprint density at radius 2 is 1.79 bits per heavy atom. The first kappa shape index (κ1) is 22.4. The summed E-state index contributed by atoms with van der Waals surface area (Å²) >= 11 is 0. The van der Waals surface area contributed by atoms with E-state index in [1.165, 1.54) is 11.1 Å². The van der Waals surface area contributed by atoms with Crippen molar-refractivity contribution >= 4 is 5.91 Å². The van der Waals surface area contributed by atoms with E-state index in [1.54, 1.807) is 23.3 Å². The minimum Gasteiger partial charge on any atom is -0.350 e. The first-order chi connectivity index (χ1) is 16.1. The van der Waals surface area contributed by atoms with E-state index in [2.05, 4.69) is 46.4 Å². The molecule has 0 aliphatic heterocycles. The summed E-state index contributed by atoms with van der Waals surface area (Å²) in [5, 5.41) is 7.84. The quantitative estimate of drug-likeness (QED) is 0.438. The average molecular weight is 440 g/mol. The van der Waals surface area contributed by atoms with E-state index in [0.717, 1.165) is 17.7 Å². The van der Waals surface area contributed by atoms with E-state index in [9.17, 15) is 4.79 Å². The third-order valence-corrected chi connectivity index (χ3v) is 5.77. The Labute approximate surface area is 194 Å². The summed E-state index contributed by atoms with van der Waals surface area (Å²) in [4.78, 5) is 19.7. The number of hydrogen-bond acceptors (Lipinski definition) is 4. The number of pyridine rings is 1. The summed E-state index contributed by atoms with van der Waals surface area (Å²) in [6.45, 7) is 2.63. The fraction of sp³-hybridized carbons (Fsp3) is 0.222. The third-order valence-electron chi connectivity index (χ3n) is 5.77. The highest BCUT2D eigenvalue weighted by Crippen LogP contribution is 2.24.